The van der Waals surface area contributed by atoms with E-state index in [1.54, 1.807) is 39.0 Å². The summed E-state index contributed by atoms with van der Waals surface area (Å²) in [6.07, 6.45) is -0.607. The monoisotopic (exact) mass is 376 g/mol. The van der Waals surface area contributed by atoms with Crippen molar-refractivity contribution in [2.24, 2.45) is 0 Å². The molecule has 0 unspecified atom stereocenters. The quantitative estimate of drug-likeness (QED) is 0.778. The normalized spacial score (nSPS) is 11.0. The Morgan fingerprint density at radius 1 is 0.963 bits per heavy atom. The molecule has 0 saturated heterocycles. The number of halogens is 2. The van der Waals surface area contributed by atoms with E-state index in [2.05, 4.69) is 10.6 Å². The maximum atomic E-state index is 14.0. The molecule has 0 aliphatic heterocycles. The lowest BCUT2D eigenvalue weighted by Crippen LogP contribution is -2.38. The van der Waals surface area contributed by atoms with Crippen LogP contribution in [0.25, 0.3) is 11.1 Å². The smallest absolute Gasteiger partial charge is 0.407 e. The number of hydrogen-bond acceptors (Lipinski definition) is 3. The highest BCUT2D eigenvalue weighted by atomic mass is 19.1. The van der Waals surface area contributed by atoms with E-state index in [-0.39, 0.29) is 24.2 Å². The topological polar surface area (TPSA) is 67.4 Å². The fourth-order valence-corrected chi connectivity index (χ4v) is 2.31. The first-order valence-corrected chi connectivity index (χ1v) is 8.47. The van der Waals surface area contributed by atoms with Gasteiger partial charge in [0.25, 0.3) is 5.91 Å². The van der Waals surface area contributed by atoms with Gasteiger partial charge in [-0.15, -0.1) is 0 Å². The van der Waals surface area contributed by atoms with Crippen LogP contribution in [0.2, 0.25) is 0 Å². The molecule has 27 heavy (non-hydrogen) atoms. The zero-order chi connectivity index (χ0) is 20.0. The molecule has 0 aliphatic carbocycles. The van der Waals surface area contributed by atoms with Crippen LogP contribution in [0.3, 0.4) is 0 Å². The largest absolute Gasteiger partial charge is 0.444 e. The predicted molar refractivity (Wildman–Crippen MR) is 98.4 cm³/mol. The predicted octanol–water partition coefficient (Wildman–Crippen LogP) is 3.89. The van der Waals surface area contributed by atoms with Gasteiger partial charge in [-0.2, -0.15) is 0 Å². The van der Waals surface area contributed by atoms with Crippen molar-refractivity contribution in [3.63, 3.8) is 0 Å². The van der Waals surface area contributed by atoms with Gasteiger partial charge in [0.1, 0.15) is 17.2 Å². The molecule has 0 aromatic heterocycles. The number of ether oxygens (including phenoxy) is 1. The van der Waals surface area contributed by atoms with E-state index in [0.29, 0.717) is 5.56 Å². The van der Waals surface area contributed by atoms with E-state index in [1.165, 1.54) is 18.2 Å². The molecular formula is C20H22F2N2O3. The minimum atomic E-state index is -0.715. The number of nitrogens with one attached hydrogen (secondary N) is 2. The highest BCUT2D eigenvalue weighted by Gasteiger charge is 2.16. The average Bonchev–Trinajstić information content (AvgIpc) is 2.58. The van der Waals surface area contributed by atoms with Crippen LogP contribution >= 0.6 is 0 Å². The number of benzene rings is 2. The number of alkyl carbamates (subject to hydrolysis) is 1. The fraction of sp³-hybridized carbons (Fsp3) is 0.300. The summed E-state index contributed by atoms with van der Waals surface area (Å²) in [4.78, 5) is 23.7. The van der Waals surface area contributed by atoms with Gasteiger partial charge in [-0.3, -0.25) is 4.79 Å². The molecular weight excluding hydrogens is 354 g/mol. The van der Waals surface area contributed by atoms with E-state index in [1.807, 2.05) is 0 Å². The lowest BCUT2D eigenvalue weighted by atomic mass is 10.0. The highest BCUT2D eigenvalue weighted by Crippen LogP contribution is 2.24. The Hall–Kier alpha value is -2.96. The van der Waals surface area contributed by atoms with E-state index >= 15 is 0 Å². The van der Waals surface area contributed by atoms with Crippen molar-refractivity contribution in [3.8, 4) is 11.1 Å². The Labute approximate surface area is 156 Å². The molecule has 0 spiro atoms. The molecule has 0 aliphatic rings. The molecule has 2 aromatic carbocycles. The Bertz CT molecular complexity index is 832. The first-order valence-electron chi connectivity index (χ1n) is 8.47. The van der Waals surface area contributed by atoms with Gasteiger partial charge in [0.05, 0.1) is 5.56 Å². The Morgan fingerprint density at radius 3 is 2.30 bits per heavy atom. The zero-order valence-corrected chi connectivity index (χ0v) is 15.4. The first-order chi connectivity index (χ1) is 12.7. The lowest BCUT2D eigenvalue weighted by molar-refractivity contribution is 0.0526. The standard InChI is InChI=1S/C20H22F2N2O3/c1-20(2,3)27-19(26)24-11-10-23-18(25)15-12-13(8-9-17(15)22)14-6-4-5-7-16(14)21/h4-9,12H,10-11H2,1-3H3,(H,23,25)(H,24,26). The van der Waals surface area contributed by atoms with E-state index in [9.17, 15) is 18.4 Å². The van der Waals surface area contributed by atoms with Gasteiger partial charge < -0.3 is 15.4 Å². The van der Waals surface area contributed by atoms with Crippen molar-refractivity contribution < 1.29 is 23.1 Å². The van der Waals surface area contributed by atoms with Crippen molar-refractivity contribution in [1.29, 1.82) is 0 Å². The third-order valence-corrected chi connectivity index (χ3v) is 3.47. The highest BCUT2D eigenvalue weighted by molar-refractivity contribution is 5.95. The molecule has 2 rings (SSSR count). The van der Waals surface area contributed by atoms with Crippen molar-refractivity contribution in [3.05, 3.63) is 59.7 Å². The average molecular weight is 376 g/mol. The molecule has 0 saturated carbocycles. The molecule has 2 N–H and O–H groups in total. The van der Waals surface area contributed by atoms with Crippen LogP contribution in [0.4, 0.5) is 13.6 Å². The van der Waals surface area contributed by atoms with Crippen LogP contribution in [0, 0.1) is 11.6 Å². The van der Waals surface area contributed by atoms with Gasteiger partial charge in [-0.25, -0.2) is 13.6 Å². The second kappa shape index (κ2) is 8.62. The molecule has 0 heterocycles. The number of amides is 2. The second-order valence-electron chi connectivity index (χ2n) is 6.86. The number of carbonyl (C=O) groups excluding carboxylic acids is 2. The van der Waals surface area contributed by atoms with Gasteiger partial charge in [-0.1, -0.05) is 24.3 Å². The van der Waals surface area contributed by atoms with Gasteiger partial charge in [0, 0.05) is 18.7 Å². The van der Waals surface area contributed by atoms with Gasteiger partial charge in [-0.05, 0) is 44.5 Å². The SMILES string of the molecule is CC(C)(C)OC(=O)NCCNC(=O)c1cc(-c2ccccc2F)ccc1F. The summed E-state index contributed by atoms with van der Waals surface area (Å²) in [6, 6.07) is 9.88. The lowest BCUT2D eigenvalue weighted by Gasteiger charge is -2.19. The summed E-state index contributed by atoms with van der Waals surface area (Å²) in [5.74, 6) is -1.83. The van der Waals surface area contributed by atoms with Gasteiger partial charge >= 0.3 is 6.09 Å². The van der Waals surface area contributed by atoms with Crippen molar-refractivity contribution >= 4 is 12.0 Å². The number of rotatable bonds is 5. The van der Waals surface area contributed by atoms with Crippen molar-refractivity contribution in [2.45, 2.75) is 26.4 Å². The van der Waals surface area contributed by atoms with Crippen molar-refractivity contribution in [1.82, 2.24) is 10.6 Å². The molecule has 0 radical (unpaired) electrons. The molecule has 0 atom stereocenters. The summed E-state index contributed by atoms with van der Waals surface area (Å²) >= 11 is 0. The maximum Gasteiger partial charge on any atom is 0.407 e. The van der Waals surface area contributed by atoms with Crippen LogP contribution in [0.1, 0.15) is 31.1 Å². The summed E-state index contributed by atoms with van der Waals surface area (Å²) in [5.41, 5.74) is -0.151. The Balaban J connectivity index is 1.97. The Morgan fingerprint density at radius 2 is 1.63 bits per heavy atom. The third-order valence-electron chi connectivity index (χ3n) is 3.47. The first kappa shape index (κ1) is 20.4. The van der Waals surface area contributed by atoms with Crippen LogP contribution < -0.4 is 10.6 Å². The molecule has 0 fully saturated rings. The number of hydrogen-bond donors (Lipinski definition) is 2. The van der Waals surface area contributed by atoms with Crippen LogP contribution in [0.5, 0.6) is 0 Å². The molecule has 2 aromatic rings. The minimum Gasteiger partial charge on any atom is -0.444 e. The molecule has 7 heteroatoms. The maximum absolute atomic E-state index is 14.0. The molecule has 144 valence electrons. The zero-order valence-electron chi connectivity index (χ0n) is 15.4. The van der Waals surface area contributed by atoms with Crippen LogP contribution in [-0.4, -0.2) is 30.7 Å². The molecule has 0 bridgehead atoms. The summed E-state index contributed by atoms with van der Waals surface area (Å²) < 4.78 is 33.0. The van der Waals surface area contributed by atoms with E-state index in [0.717, 1.165) is 6.07 Å². The summed E-state index contributed by atoms with van der Waals surface area (Å²) in [6.45, 7) is 5.41. The van der Waals surface area contributed by atoms with Crippen LogP contribution in [0.15, 0.2) is 42.5 Å². The summed E-state index contributed by atoms with van der Waals surface area (Å²) in [7, 11) is 0. The number of carbonyl (C=O) groups is 2. The fourth-order valence-electron chi connectivity index (χ4n) is 2.31. The van der Waals surface area contributed by atoms with Gasteiger partial charge in [0.15, 0.2) is 0 Å². The van der Waals surface area contributed by atoms with E-state index in [4.69, 9.17) is 4.74 Å². The van der Waals surface area contributed by atoms with Gasteiger partial charge in [0.2, 0.25) is 0 Å². The molecule has 5 nitrogen and oxygen atoms in total. The van der Waals surface area contributed by atoms with E-state index < -0.39 is 29.2 Å². The summed E-state index contributed by atoms with van der Waals surface area (Å²) in [5, 5.41) is 4.99. The second-order valence-corrected chi connectivity index (χ2v) is 6.86. The van der Waals surface area contributed by atoms with Crippen LogP contribution in [-0.2, 0) is 4.74 Å². The third kappa shape index (κ3) is 6.06. The van der Waals surface area contributed by atoms with Crippen molar-refractivity contribution in [2.75, 3.05) is 13.1 Å². The molecule has 2 amide bonds. The Kier molecular flexibility index (Phi) is 6.50. The minimum absolute atomic E-state index is 0.0848.